The monoisotopic (exact) mass is 589 g/mol. The number of aromatic nitrogens is 1. The SMILES string of the molecule is CS(=O)(=O)CC(=O)N1CC(F)(c2ccc(C3=NOC(c4cc(F)c(F)c(C(F)(F)F)c4)(C(F)(F)F)C3)cn2)C1. The standard InChI is InChI=1S/C22H16F9N3O4S/c1-39(36,37)8-17(35)34-9-19(25,10-34)16-3-2-11(7-32-16)15-6-20(38-33-15,22(29,30)31)12-4-13(21(26,27)28)18(24)14(23)5-12/h2-5,7H,6,8-10H2,1H3. The van der Waals surface area contributed by atoms with E-state index in [9.17, 15) is 48.3 Å². The largest absolute Gasteiger partial charge is 0.435 e. The summed E-state index contributed by atoms with van der Waals surface area (Å²) in [4.78, 5) is 21.2. The molecule has 1 aromatic carbocycles. The second-order valence-electron chi connectivity index (χ2n) is 9.17. The molecular weight excluding hydrogens is 573 g/mol. The van der Waals surface area contributed by atoms with Crippen molar-refractivity contribution in [2.24, 2.45) is 5.16 Å². The molecule has 2 aromatic rings. The molecule has 0 radical (unpaired) electrons. The molecule has 17 heteroatoms. The van der Waals surface area contributed by atoms with Crippen LogP contribution in [0.1, 0.15) is 28.8 Å². The van der Waals surface area contributed by atoms with Gasteiger partial charge in [0.1, 0.15) is 5.75 Å². The Morgan fingerprint density at radius 1 is 1.10 bits per heavy atom. The highest BCUT2D eigenvalue weighted by atomic mass is 32.2. The molecule has 1 saturated heterocycles. The molecule has 0 N–H and O–H groups in total. The second kappa shape index (κ2) is 9.09. The lowest BCUT2D eigenvalue weighted by Gasteiger charge is -2.43. The van der Waals surface area contributed by atoms with E-state index < -0.39 is 93.1 Å². The van der Waals surface area contributed by atoms with E-state index in [4.69, 9.17) is 0 Å². The van der Waals surface area contributed by atoms with E-state index >= 15 is 4.39 Å². The van der Waals surface area contributed by atoms with Gasteiger partial charge in [0.2, 0.25) is 5.91 Å². The number of rotatable bonds is 5. The fourth-order valence-electron chi connectivity index (χ4n) is 4.13. The minimum Gasteiger partial charge on any atom is -0.374 e. The molecule has 2 aliphatic rings. The first-order valence-corrected chi connectivity index (χ1v) is 12.8. The number of pyridine rings is 1. The van der Waals surface area contributed by atoms with Gasteiger partial charge in [0, 0.05) is 23.6 Å². The number of sulfone groups is 1. The summed E-state index contributed by atoms with van der Waals surface area (Å²) in [5, 5.41) is 3.30. The summed E-state index contributed by atoms with van der Waals surface area (Å²) in [6.45, 7) is -1.04. The number of oxime groups is 1. The molecule has 1 amide bonds. The van der Waals surface area contributed by atoms with Crippen LogP contribution in [-0.4, -0.2) is 61.2 Å². The summed E-state index contributed by atoms with van der Waals surface area (Å²) in [6.07, 6.45) is -10.4. The molecule has 1 fully saturated rings. The van der Waals surface area contributed by atoms with Crippen molar-refractivity contribution in [2.75, 3.05) is 25.1 Å². The van der Waals surface area contributed by atoms with E-state index in [0.717, 1.165) is 29.5 Å². The summed E-state index contributed by atoms with van der Waals surface area (Å²) < 4.78 is 147. The van der Waals surface area contributed by atoms with E-state index in [2.05, 4.69) is 15.0 Å². The van der Waals surface area contributed by atoms with Crippen molar-refractivity contribution in [1.82, 2.24) is 9.88 Å². The highest BCUT2D eigenvalue weighted by Gasteiger charge is 2.63. The average molecular weight is 589 g/mol. The zero-order valence-electron chi connectivity index (χ0n) is 19.5. The van der Waals surface area contributed by atoms with Crippen LogP contribution in [-0.2, 0) is 36.9 Å². The molecule has 1 unspecified atom stereocenters. The first-order chi connectivity index (χ1) is 17.8. The number of hydrogen-bond acceptors (Lipinski definition) is 6. The molecule has 3 heterocycles. The Morgan fingerprint density at radius 2 is 1.74 bits per heavy atom. The fourth-order valence-corrected chi connectivity index (χ4v) is 4.76. The van der Waals surface area contributed by atoms with Gasteiger partial charge in [-0.2, -0.15) is 26.3 Å². The molecule has 1 atom stereocenters. The molecule has 0 aliphatic carbocycles. The zero-order chi connectivity index (χ0) is 29.2. The minimum atomic E-state index is -5.51. The maximum absolute atomic E-state index is 15.1. The first-order valence-electron chi connectivity index (χ1n) is 10.8. The van der Waals surface area contributed by atoms with E-state index in [0.29, 0.717) is 0 Å². The molecular formula is C22H16F9N3O4S. The minimum absolute atomic E-state index is 0.0574. The average Bonchev–Trinajstić information content (AvgIpc) is 3.24. The second-order valence-corrected chi connectivity index (χ2v) is 11.3. The van der Waals surface area contributed by atoms with Crippen LogP contribution in [0.2, 0.25) is 0 Å². The molecule has 7 nitrogen and oxygen atoms in total. The molecule has 0 saturated carbocycles. The first kappa shape index (κ1) is 28.6. The summed E-state index contributed by atoms with van der Waals surface area (Å²) in [6, 6.07) is 1.92. The van der Waals surface area contributed by atoms with Crippen LogP contribution >= 0.6 is 0 Å². The zero-order valence-corrected chi connectivity index (χ0v) is 20.3. The molecule has 4 rings (SSSR count). The Labute approximate surface area is 214 Å². The van der Waals surface area contributed by atoms with Crippen LogP contribution in [0.25, 0.3) is 0 Å². The predicted octanol–water partition coefficient (Wildman–Crippen LogP) is 4.01. The van der Waals surface area contributed by atoms with Gasteiger partial charge in [0.15, 0.2) is 27.1 Å². The summed E-state index contributed by atoms with van der Waals surface area (Å²) in [7, 11) is -3.65. The number of nitrogens with zero attached hydrogens (tertiary/aromatic N) is 3. The maximum Gasteiger partial charge on any atom is 0.435 e. The van der Waals surface area contributed by atoms with E-state index in [1.165, 1.54) is 0 Å². The van der Waals surface area contributed by atoms with Crippen LogP contribution in [0.5, 0.6) is 0 Å². The normalized spacial score (nSPS) is 21.3. The number of amides is 1. The Balaban J connectivity index is 1.57. The van der Waals surface area contributed by atoms with E-state index in [1.54, 1.807) is 0 Å². The number of halogens is 9. The van der Waals surface area contributed by atoms with Crippen molar-refractivity contribution in [1.29, 1.82) is 0 Å². The van der Waals surface area contributed by atoms with Crippen LogP contribution in [0.3, 0.4) is 0 Å². The number of carbonyl (C=O) groups excluding carboxylic acids is 1. The van der Waals surface area contributed by atoms with Gasteiger partial charge in [0.05, 0.1) is 36.5 Å². The van der Waals surface area contributed by atoms with Crippen molar-refractivity contribution in [2.45, 2.75) is 30.0 Å². The molecule has 2 aliphatic heterocycles. The van der Waals surface area contributed by atoms with Gasteiger partial charge in [-0.3, -0.25) is 9.78 Å². The quantitative estimate of drug-likeness (QED) is 0.492. The third-order valence-corrected chi connectivity index (χ3v) is 6.93. The highest BCUT2D eigenvalue weighted by Crippen LogP contribution is 2.50. The van der Waals surface area contributed by atoms with Crippen LogP contribution in [0.4, 0.5) is 39.5 Å². The Hall–Kier alpha value is -3.37. The van der Waals surface area contributed by atoms with Gasteiger partial charge in [-0.25, -0.2) is 21.6 Å². The summed E-state index contributed by atoms with van der Waals surface area (Å²) in [5.41, 5.74) is -10.2. The van der Waals surface area contributed by atoms with E-state index in [1.807, 2.05) is 0 Å². The topological polar surface area (TPSA) is 88.9 Å². The van der Waals surface area contributed by atoms with Crippen molar-refractivity contribution in [3.8, 4) is 0 Å². The van der Waals surface area contributed by atoms with Crippen molar-refractivity contribution in [3.63, 3.8) is 0 Å². The third-order valence-electron chi connectivity index (χ3n) is 6.16. The van der Waals surface area contributed by atoms with Crippen molar-refractivity contribution >= 4 is 21.5 Å². The lowest BCUT2D eigenvalue weighted by molar-refractivity contribution is -0.276. The number of carbonyl (C=O) groups is 1. The molecule has 0 bridgehead atoms. The molecule has 39 heavy (non-hydrogen) atoms. The van der Waals surface area contributed by atoms with Crippen molar-refractivity contribution in [3.05, 3.63) is 64.5 Å². The lowest BCUT2D eigenvalue weighted by atomic mass is 9.85. The Bertz CT molecular complexity index is 1450. The van der Waals surface area contributed by atoms with Crippen LogP contribution in [0, 0.1) is 11.6 Å². The summed E-state index contributed by atoms with van der Waals surface area (Å²) >= 11 is 0. The number of likely N-dealkylation sites (tertiary alicyclic amines) is 1. The number of alkyl halides is 7. The number of benzene rings is 1. The van der Waals surface area contributed by atoms with Gasteiger partial charge in [-0.05, 0) is 24.3 Å². The van der Waals surface area contributed by atoms with Gasteiger partial charge in [-0.15, -0.1) is 0 Å². The number of hydrogen-bond donors (Lipinski definition) is 0. The maximum atomic E-state index is 15.1. The fraction of sp³-hybridized carbons (Fsp3) is 0.409. The van der Waals surface area contributed by atoms with Gasteiger partial charge in [0.25, 0.3) is 5.60 Å². The molecule has 0 spiro atoms. The Kier molecular flexibility index (Phi) is 6.68. The van der Waals surface area contributed by atoms with Gasteiger partial charge >= 0.3 is 12.4 Å². The van der Waals surface area contributed by atoms with Gasteiger partial charge < -0.3 is 9.74 Å². The smallest absolute Gasteiger partial charge is 0.374 e. The third kappa shape index (κ3) is 5.27. The lowest BCUT2D eigenvalue weighted by Crippen LogP contribution is -2.60. The van der Waals surface area contributed by atoms with Crippen molar-refractivity contribution < 1.29 is 57.6 Å². The highest BCUT2D eigenvalue weighted by molar-refractivity contribution is 7.91. The van der Waals surface area contributed by atoms with Crippen LogP contribution < -0.4 is 0 Å². The van der Waals surface area contributed by atoms with E-state index in [-0.39, 0.29) is 23.4 Å². The molecule has 1 aromatic heterocycles. The van der Waals surface area contributed by atoms with Crippen LogP contribution in [0.15, 0.2) is 35.6 Å². The van der Waals surface area contributed by atoms with Gasteiger partial charge in [-0.1, -0.05) is 5.16 Å². The summed E-state index contributed by atoms with van der Waals surface area (Å²) in [5.74, 6) is -6.20. The molecule has 212 valence electrons. The Morgan fingerprint density at radius 3 is 2.26 bits per heavy atom. The predicted molar refractivity (Wildman–Crippen MR) is 115 cm³/mol.